The van der Waals surface area contributed by atoms with Gasteiger partial charge in [-0.25, -0.2) is 0 Å². The van der Waals surface area contributed by atoms with Crippen LogP contribution in [0, 0.1) is 11.8 Å². The zero-order valence-electron chi connectivity index (χ0n) is 11.5. The third-order valence-corrected chi connectivity index (χ3v) is 4.36. The van der Waals surface area contributed by atoms with Gasteiger partial charge in [0.1, 0.15) is 11.3 Å². The third-order valence-electron chi connectivity index (χ3n) is 4.36. The van der Waals surface area contributed by atoms with Gasteiger partial charge in [-0.3, -0.25) is 4.90 Å². The highest BCUT2D eigenvalue weighted by Gasteiger charge is 2.25. The summed E-state index contributed by atoms with van der Waals surface area (Å²) in [4.78, 5) is 2.47. The van der Waals surface area contributed by atoms with Crippen LogP contribution in [0.4, 0.5) is 0 Å². The molecule has 3 rings (SSSR count). The van der Waals surface area contributed by atoms with Gasteiger partial charge >= 0.3 is 0 Å². The summed E-state index contributed by atoms with van der Waals surface area (Å²) >= 11 is 0. The van der Waals surface area contributed by atoms with E-state index in [1.54, 1.807) is 0 Å². The van der Waals surface area contributed by atoms with Crippen LogP contribution in [0.25, 0.3) is 11.0 Å². The van der Waals surface area contributed by atoms with E-state index in [-0.39, 0.29) is 0 Å². The number of hydrogen-bond acceptors (Lipinski definition) is 3. The SMILES string of the molecule is CC1CCN(Cc2cc3ccccc3o2)CC1CN. The molecule has 1 aliphatic heterocycles. The number of furan rings is 1. The van der Waals surface area contributed by atoms with Gasteiger partial charge in [0.15, 0.2) is 0 Å². The summed E-state index contributed by atoms with van der Waals surface area (Å²) in [7, 11) is 0. The van der Waals surface area contributed by atoms with Crippen molar-refractivity contribution in [1.82, 2.24) is 4.90 Å². The molecule has 2 N–H and O–H groups in total. The highest BCUT2D eigenvalue weighted by atomic mass is 16.3. The molecule has 2 atom stereocenters. The maximum Gasteiger partial charge on any atom is 0.134 e. The molecular formula is C16H22N2O. The lowest BCUT2D eigenvalue weighted by Crippen LogP contribution is -2.42. The topological polar surface area (TPSA) is 42.4 Å². The van der Waals surface area contributed by atoms with Crippen LogP contribution in [0.5, 0.6) is 0 Å². The first-order chi connectivity index (χ1) is 9.26. The average Bonchev–Trinajstić information content (AvgIpc) is 2.83. The molecule has 1 fully saturated rings. The van der Waals surface area contributed by atoms with Gasteiger partial charge in [0.05, 0.1) is 6.54 Å². The van der Waals surface area contributed by atoms with Crippen molar-refractivity contribution in [3.05, 3.63) is 36.1 Å². The Morgan fingerprint density at radius 3 is 3.00 bits per heavy atom. The van der Waals surface area contributed by atoms with Crippen LogP contribution in [0.2, 0.25) is 0 Å². The molecule has 3 nitrogen and oxygen atoms in total. The van der Waals surface area contributed by atoms with Crippen molar-refractivity contribution in [3.8, 4) is 0 Å². The van der Waals surface area contributed by atoms with Crippen molar-refractivity contribution >= 4 is 11.0 Å². The molecule has 3 heteroatoms. The summed E-state index contributed by atoms with van der Waals surface area (Å²) < 4.78 is 5.89. The minimum Gasteiger partial charge on any atom is -0.460 e. The Kier molecular flexibility index (Phi) is 3.58. The predicted octanol–water partition coefficient (Wildman–Crippen LogP) is 2.85. The number of fused-ring (bicyclic) bond motifs is 1. The Bertz CT molecular complexity index is 515. The van der Waals surface area contributed by atoms with Crippen LogP contribution < -0.4 is 5.73 Å². The number of rotatable bonds is 3. The lowest BCUT2D eigenvalue weighted by atomic mass is 9.87. The second-order valence-electron chi connectivity index (χ2n) is 5.75. The van der Waals surface area contributed by atoms with E-state index in [0.29, 0.717) is 5.92 Å². The molecule has 0 aliphatic carbocycles. The average molecular weight is 258 g/mol. The zero-order valence-corrected chi connectivity index (χ0v) is 11.5. The Balaban J connectivity index is 1.71. The van der Waals surface area contributed by atoms with E-state index in [2.05, 4.69) is 30.0 Å². The first-order valence-corrected chi connectivity index (χ1v) is 7.16. The molecule has 0 saturated carbocycles. The standard InChI is InChI=1S/C16H22N2O/c1-12-6-7-18(10-14(12)9-17)11-15-8-13-4-2-3-5-16(13)19-15/h2-5,8,12,14H,6-7,9-11,17H2,1H3. The monoisotopic (exact) mass is 258 g/mol. The molecule has 1 aromatic carbocycles. The first-order valence-electron chi connectivity index (χ1n) is 7.16. The summed E-state index contributed by atoms with van der Waals surface area (Å²) in [6, 6.07) is 10.4. The van der Waals surface area contributed by atoms with Crippen LogP contribution in [-0.4, -0.2) is 24.5 Å². The number of nitrogens with two attached hydrogens (primary N) is 1. The van der Waals surface area contributed by atoms with Gasteiger partial charge in [0, 0.05) is 11.9 Å². The molecule has 1 saturated heterocycles. The van der Waals surface area contributed by atoms with Crippen molar-refractivity contribution in [2.75, 3.05) is 19.6 Å². The molecule has 0 amide bonds. The number of hydrogen-bond donors (Lipinski definition) is 1. The molecule has 19 heavy (non-hydrogen) atoms. The number of nitrogens with zero attached hydrogens (tertiary/aromatic N) is 1. The molecule has 1 aromatic heterocycles. The van der Waals surface area contributed by atoms with Gasteiger partial charge in [-0.05, 0) is 43.5 Å². The van der Waals surface area contributed by atoms with Gasteiger partial charge in [-0.2, -0.15) is 0 Å². The van der Waals surface area contributed by atoms with E-state index in [9.17, 15) is 0 Å². The third kappa shape index (κ3) is 2.67. The van der Waals surface area contributed by atoms with Gasteiger partial charge in [-0.15, -0.1) is 0 Å². The van der Waals surface area contributed by atoms with Crippen LogP contribution in [-0.2, 0) is 6.54 Å². The molecule has 1 aliphatic rings. The van der Waals surface area contributed by atoms with Crippen molar-refractivity contribution in [2.45, 2.75) is 19.9 Å². The Morgan fingerprint density at radius 2 is 2.21 bits per heavy atom. The molecule has 0 bridgehead atoms. The normalized spacial score (nSPS) is 24.9. The van der Waals surface area contributed by atoms with E-state index < -0.39 is 0 Å². The van der Waals surface area contributed by atoms with Gasteiger partial charge in [0.25, 0.3) is 0 Å². The second kappa shape index (κ2) is 5.35. The van der Waals surface area contributed by atoms with Gasteiger partial charge < -0.3 is 10.2 Å². The van der Waals surface area contributed by atoms with Crippen LogP contribution >= 0.6 is 0 Å². The summed E-state index contributed by atoms with van der Waals surface area (Å²) in [5.41, 5.74) is 6.84. The smallest absolute Gasteiger partial charge is 0.134 e. The lowest BCUT2D eigenvalue weighted by Gasteiger charge is -2.36. The van der Waals surface area contributed by atoms with Crippen molar-refractivity contribution in [2.24, 2.45) is 17.6 Å². The summed E-state index contributed by atoms with van der Waals surface area (Å²) in [5, 5.41) is 1.19. The molecule has 0 spiro atoms. The zero-order chi connectivity index (χ0) is 13.2. The number of likely N-dealkylation sites (tertiary alicyclic amines) is 1. The Morgan fingerprint density at radius 1 is 1.37 bits per heavy atom. The summed E-state index contributed by atoms with van der Waals surface area (Å²) in [6.45, 7) is 6.25. The van der Waals surface area contributed by atoms with Crippen LogP contribution in [0.15, 0.2) is 34.7 Å². The maximum atomic E-state index is 5.89. The second-order valence-corrected chi connectivity index (χ2v) is 5.75. The van der Waals surface area contributed by atoms with Crippen LogP contribution in [0.1, 0.15) is 19.1 Å². The summed E-state index contributed by atoms with van der Waals surface area (Å²) in [6.07, 6.45) is 1.24. The molecule has 2 aromatic rings. The van der Waals surface area contributed by atoms with Gasteiger partial charge in [-0.1, -0.05) is 25.1 Å². The minimum absolute atomic E-state index is 0.623. The van der Waals surface area contributed by atoms with Gasteiger partial charge in [0.2, 0.25) is 0 Å². The van der Waals surface area contributed by atoms with Crippen molar-refractivity contribution in [3.63, 3.8) is 0 Å². The predicted molar refractivity (Wildman–Crippen MR) is 77.8 cm³/mol. The maximum absolute atomic E-state index is 5.89. The van der Waals surface area contributed by atoms with E-state index in [0.717, 1.165) is 43.4 Å². The summed E-state index contributed by atoms with van der Waals surface area (Å²) in [5.74, 6) is 2.43. The number of piperidine rings is 1. The highest BCUT2D eigenvalue weighted by Crippen LogP contribution is 2.25. The Hall–Kier alpha value is -1.32. The van der Waals surface area contributed by atoms with E-state index in [1.807, 2.05) is 12.1 Å². The first kappa shape index (κ1) is 12.7. The molecular weight excluding hydrogens is 236 g/mol. The molecule has 2 heterocycles. The quantitative estimate of drug-likeness (QED) is 0.920. The number of para-hydroxylation sites is 1. The fourth-order valence-electron chi connectivity index (χ4n) is 3.01. The van der Waals surface area contributed by atoms with E-state index >= 15 is 0 Å². The largest absolute Gasteiger partial charge is 0.460 e. The minimum atomic E-state index is 0.623. The van der Waals surface area contributed by atoms with Crippen LogP contribution in [0.3, 0.4) is 0 Å². The van der Waals surface area contributed by atoms with Crippen molar-refractivity contribution < 1.29 is 4.42 Å². The molecule has 0 radical (unpaired) electrons. The lowest BCUT2D eigenvalue weighted by molar-refractivity contribution is 0.119. The fraction of sp³-hybridized carbons (Fsp3) is 0.500. The van der Waals surface area contributed by atoms with E-state index in [1.165, 1.54) is 11.8 Å². The highest BCUT2D eigenvalue weighted by molar-refractivity contribution is 5.77. The van der Waals surface area contributed by atoms with Crippen molar-refractivity contribution in [1.29, 1.82) is 0 Å². The number of benzene rings is 1. The molecule has 102 valence electrons. The molecule has 2 unspecified atom stereocenters. The fourth-order valence-corrected chi connectivity index (χ4v) is 3.01. The van der Waals surface area contributed by atoms with E-state index in [4.69, 9.17) is 10.2 Å². The Labute approximate surface area is 114 Å².